The van der Waals surface area contributed by atoms with E-state index in [9.17, 15) is 8.78 Å². The van der Waals surface area contributed by atoms with E-state index in [4.69, 9.17) is 4.74 Å². The zero-order chi connectivity index (χ0) is 15.6. The number of pyridine rings is 1. The van der Waals surface area contributed by atoms with Crippen LogP contribution < -0.4 is 19.5 Å². The van der Waals surface area contributed by atoms with Gasteiger partial charge in [-0.1, -0.05) is 12.1 Å². The molecule has 2 aromatic rings. The predicted octanol–water partition coefficient (Wildman–Crippen LogP) is 2.70. The van der Waals surface area contributed by atoms with Crippen LogP contribution in [0.1, 0.15) is 11.1 Å². The highest BCUT2D eigenvalue weighted by atomic mass is 19.3. The summed E-state index contributed by atoms with van der Waals surface area (Å²) in [4.78, 5) is 4.03. The molecule has 22 heavy (non-hydrogen) atoms. The van der Waals surface area contributed by atoms with E-state index in [2.05, 4.69) is 19.8 Å². The fraction of sp³-hybridized carbons (Fsp3) is 0.267. The van der Waals surface area contributed by atoms with Gasteiger partial charge in [0.2, 0.25) is 0 Å². The van der Waals surface area contributed by atoms with Gasteiger partial charge in [0.25, 0.3) is 0 Å². The molecule has 0 unspecified atom stereocenters. The maximum absolute atomic E-state index is 13.1. The molecule has 0 amide bonds. The topological polar surface area (TPSA) is 52.6 Å². The normalized spacial score (nSPS) is 14.9. The van der Waals surface area contributed by atoms with Gasteiger partial charge in [-0.25, -0.2) is 0 Å². The quantitative estimate of drug-likeness (QED) is 0.920. The Labute approximate surface area is 125 Å². The van der Waals surface area contributed by atoms with E-state index in [0.29, 0.717) is 24.4 Å². The molecule has 0 radical (unpaired) electrons. The lowest BCUT2D eigenvalue weighted by atomic mass is 10.2. The third kappa shape index (κ3) is 2.94. The Morgan fingerprint density at radius 3 is 2.82 bits per heavy atom. The molecule has 116 valence electrons. The van der Waals surface area contributed by atoms with Crippen LogP contribution in [-0.2, 0) is 13.1 Å². The van der Waals surface area contributed by atoms with Crippen LogP contribution in [0.4, 0.5) is 8.78 Å². The molecule has 0 saturated heterocycles. The summed E-state index contributed by atoms with van der Waals surface area (Å²) in [6, 6.07) is 6.56. The molecule has 0 bridgehead atoms. The van der Waals surface area contributed by atoms with Crippen LogP contribution in [0.5, 0.6) is 17.2 Å². The number of alkyl halides is 2. The third-order valence-corrected chi connectivity index (χ3v) is 3.22. The lowest BCUT2D eigenvalue weighted by Crippen LogP contribution is -2.26. The molecule has 0 spiro atoms. The largest absolute Gasteiger partial charge is 0.586 e. The molecule has 0 saturated carbocycles. The van der Waals surface area contributed by atoms with Crippen LogP contribution in [0, 0.1) is 0 Å². The minimum atomic E-state index is -3.61. The van der Waals surface area contributed by atoms with Crippen LogP contribution in [-0.4, -0.2) is 18.4 Å². The second-order valence-corrected chi connectivity index (χ2v) is 4.70. The predicted molar refractivity (Wildman–Crippen MR) is 74.0 cm³/mol. The lowest BCUT2D eigenvalue weighted by molar-refractivity contribution is -0.286. The number of nitrogens with zero attached hydrogens (tertiary/aromatic N) is 1. The Kier molecular flexibility index (Phi) is 3.81. The van der Waals surface area contributed by atoms with Gasteiger partial charge in [-0.15, -0.1) is 8.78 Å². The third-order valence-electron chi connectivity index (χ3n) is 3.22. The van der Waals surface area contributed by atoms with Crippen molar-refractivity contribution in [3.8, 4) is 17.2 Å². The number of aromatic nitrogens is 1. The van der Waals surface area contributed by atoms with Crippen molar-refractivity contribution in [2.24, 2.45) is 0 Å². The van der Waals surface area contributed by atoms with Gasteiger partial charge in [-0.2, -0.15) is 0 Å². The summed E-state index contributed by atoms with van der Waals surface area (Å²) in [6.07, 6.45) is -0.278. The van der Waals surface area contributed by atoms with Crippen LogP contribution in [0.2, 0.25) is 0 Å². The summed E-state index contributed by atoms with van der Waals surface area (Å²) in [6.45, 7) is 0.832. The maximum atomic E-state index is 13.1. The Balaban J connectivity index is 1.67. The first-order valence-electron chi connectivity index (χ1n) is 6.64. The van der Waals surface area contributed by atoms with Crippen molar-refractivity contribution in [3.05, 3.63) is 47.8 Å². The van der Waals surface area contributed by atoms with Crippen LogP contribution >= 0.6 is 0 Å². The summed E-state index contributed by atoms with van der Waals surface area (Å²) in [5, 5.41) is 3.15. The number of methoxy groups -OCH3 is 1. The number of hydrogen-bond acceptors (Lipinski definition) is 5. The number of fused-ring (bicyclic) bond motifs is 1. The van der Waals surface area contributed by atoms with E-state index in [1.54, 1.807) is 37.7 Å². The van der Waals surface area contributed by atoms with Crippen LogP contribution in [0.25, 0.3) is 0 Å². The van der Waals surface area contributed by atoms with Crippen molar-refractivity contribution in [1.29, 1.82) is 0 Å². The molecule has 7 heteroatoms. The van der Waals surface area contributed by atoms with E-state index in [-0.39, 0.29) is 11.5 Å². The average Bonchev–Trinajstić information content (AvgIpc) is 2.82. The minimum Gasteiger partial charge on any atom is -0.496 e. The lowest BCUT2D eigenvalue weighted by Gasteiger charge is -2.10. The Hall–Kier alpha value is -2.41. The SMILES string of the molecule is COc1ccncc1CNCc1cccc2c1OC(F)(F)O2. The first-order chi connectivity index (χ1) is 10.6. The van der Waals surface area contributed by atoms with Gasteiger partial charge in [0.1, 0.15) is 5.75 Å². The van der Waals surface area contributed by atoms with Crippen molar-refractivity contribution in [2.45, 2.75) is 19.4 Å². The summed E-state index contributed by atoms with van der Waals surface area (Å²) < 4.78 is 40.4. The number of benzene rings is 1. The molecular weight excluding hydrogens is 294 g/mol. The number of hydrogen-bond donors (Lipinski definition) is 1. The smallest absolute Gasteiger partial charge is 0.496 e. The summed E-state index contributed by atoms with van der Waals surface area (Å²) in [5.41, 5.74) is 1.47. The maximum Gasteiger partial charge on any atom is 0.586 e. The summed E-state index contributed by atoms with van der Waals surface area (Å²) in [5.74, 6) is 0.827. The van der Waals surface area contributed by atoms with Gasteiger partial charge < -0.3 is 19.5 Å². The number of halogens is 2. The number of ether oxygens (including phenoxy) is 3. The Morgan fingerprint density at radius 1 is 1.18 bits per heavy atom. The minimum absolute atomic E-state index is 0.0447. The van der Waals surface area contributed by atoms with Crippen molar-refractivity contribution in [3.63, 3.8) is 0 Å². The van der Waals surface area contributed by atoms with Crippen molar-refractivity contribution in [2.75, 3.05) is 7.11 Å². The molecule has 3 rings (SSSR count). The van der Waals surface area contributed by atoms with Gasteiger partial charge >= 0.3 is 6.29 Å². The molecule has 0 aliphatic carbocycles. The highest BCUT2D eigenvalue weighted by Gasteiger charge is 2.44. The van der Waals surface area contributed by atoms with E-state index >= 15 is 0 Å². The van der Waals surface area contributed by atoms with Crippen molar-refractivity contribution < 1.29 is 23.0 Å². The highest BCUT2D eigenvalue weighted by molar-refractivity contribution is 5.48. The van der Waals surface area contributed by atoms with Gasteiger partial charge in [-0.05, 0) is 12.1 Å². The molecule has 1 aliphatic heterocycles. The van der Waals surface area contributed by atoms with Gasteiger partial charge in [0.05, 0.1) is 7.11 Å². The molecule has 1 N–H and O–H groups in total. The van der Waals surface area contributed by atoms with E-state index in [0.717, 1.165) is 5.56 Å². The Bertz CT molecular complexity index is 680. The second-order valence-electron chi connectivity index (χ2n) is 4.70. The van der Waals surface area contributed by atoms with E-state index < -0.39 is 6.29 Å². The number of para-hydroxylation sites is 1. The van der Waals surface area contributed by atoms with Gasteiger partial charge in [0, 0.05) is 36.6 Å². The van der Waals surface area contributed by atoms with E-state index in [1.165, 1.54) is 6.07 Å². The zero-order valence-corrected chi connectivity index (χ0v) is 11.8. The summed E-state index contributed by atoms with van der Waals surface area (Å²) in [7, 11) is 1.58. The highest BCUT2D eigenvalue weighted by Crippen LogP contribution is 2.43. The fourth-order valence-corrected chi connectivity index (χ4v) is 2.24. The molecule has 1 aliphatic rings. The molecular formula is C15H14F2N2O3. The van der Waals surface area contributed by atoms with Crippen molar-refractivity contribution in [1.82, 2.24) is 10.3 Å². The van der Waals surface area contributed by atoms with Crippen LogP contribution in [0.15, 0.2) is 36.7 Å². The standard InChI is InChI=1S/C15H14F2N2O3/c1-20-12-5-6-18-8-11(12)9-19-7-10-3-2-4-13-14(10)22-15(16,17)21-13/h2-6,8,19H,7,9H2,1H3. The first kappa shape index (κ1) is 14.5. The van der Waals surface area contributed by atoms with Crippen molar-refractivity contribution >= 4 is 0 Å². The van der Waals surface area contributed by atoms with Gasteiger partial charge in [0.15, 0.2) is 11.5 Å². The van der Waals surface area contributed by atoms with Crippen LogP contribution in [0.3, 0.4) is 0 Å². The molecule has 1 aromatic carbocycles. The Morgan fingerprint density at radius 2 is 2.00 bits per heavy atom. The van der Waals surface area contributed by atoms with Gasteiger partial charge in [-0.3, -0.25) is 4.98 Å². The number of nitrogens with one attached hydrogen (secondary N) is 1. The molecule has 1 aromatic heterocycles. The summed E-state index contributed by atoms with van der Waals surface area (Å²) >= 11 is 0. The number of rotatable bonds is 5. The fourth-order valence-electron chi connectivity index (χ4n) is 2.24. The first-order valence-corrected chi connectivity index (χ1v) is 6.64. The molecule has 5 nitrogen and oxygen atoms in total. The van der Waals surface area contributed by atoms with E-state index in [1.807, 2.05) is 0 Å². The second kappa shape index (κ2) is 5.76. The zero-order valence-electron chi connectivity index (χ0n) is 11.8. The monoisotopic (exact) mass is 308 g/mol. The molecule has 2 heterocycles. The molecule has 0 fully saturated rings. The average molecular weight is 308 g/mol. The molecule has 0 atom stereocenters.